The molecule has 1 atom stereocenters. The highest BCUT2D eigenvalue weighted by molar-refractivity contribution is 5.85. The molecule has 1 aliphatic heterocycles. The molecule has 0 amide bonds. The molecule has 74 valence electrons. The van der Waals surface area contributed by atoms with E-state index in [2.05, 4.69) is 9.73 Å². The summed E-state index contributed by atoms with van der Waals surface area (Å²) in [6, 6.07) is -0.489. The quantitative estimate of drug-likeness (QED) is 0.581. The molecule has 13 heavy (non-hydrogen) atoms. The second kappa shape index (κ2) is 4.81. The van der Waals surface area contributed by atoms with E-state index in [1.807, 2.05) is 0 Å². The molecule has 0 radical (unpaired) electrons. The third-order valence-electron chi connectivity index (χ3n) is 1.70. The normalized spacial score (nSPS) is 20.8. The summed E-state index contributed by atoms with van der Waals surface area (Å²) >= 11 is 0. The zero-order valence-electron chi connectivity index (χ0n) is 7.78. The Morgan fingerprint density at radius 2 is 2.46 bits per heavy atom. The maximum absolute atomic E-state index is 11.0. The Hall–Kier alpha value is -1.10. The Bertz CT molecular complexity index is 214. The number of methoxy groups -OCH3 is 2. The summed E-state index contributed by atoms with van der Waals surface area (Å²) in [5.74, 6) is 0.213. The Kier molecular flexibility index (Phi) is 3.70. The maximum atomic E-state index is 11.0. The minimum atomic E-state index is -0.489. The van der Waals surface area contributed by atoms with E-state index in [1.165, 1.54) is 7.11 Å². The minimum absolute atomic E-state index is 0.283. The van der Waals surface area contributed by atoms with Gasteiger partial charge in [-0.3, -0.25) is 0 Å². The van der Waals surface area contributed by atoms with Gasteiger partial charge in [0, 0.05) is 13.5 Å². The van der Waals surface area contributed by atoms with E-state index < -0.39 is 6.04 Å². The number of esters is 1. The van der Waals surface area contributed by atoms with Crippen LogP contribution in [-0.4, -0.2) is 45.3 Å². The van der Waals surface area contributed by atoms with Crippen LogP contribution in [0.5, 0.6) is 0 Å². The Morgan fingerprint density at radius 3 is 3.08 bits per heavy atom. The molecule has 0 unspecified atom stereocenters. The molecule has 5 nitrogen and oxygen atoms in total. The van der Waals surface area contributed by atoms with Gasteiger partial charge in [-0.15, -0.1) is 0 Å². The topological polar surface area (TPSA) is 57.1 Å². The Balaban J connectivity index is 2.39. The van der Waals surface area contributed by atoms with Gasteiger partial charge >= 0.3 is 5.97 Å². The molecule has 0 N–H and O–H groups in total. The van der Waals surface area contributed by atoms with Crippen molar-refractivity contribution in [3.05, 3.63) is 0 Å². The molecule has 0 saturated heterocycles. The van der Waals surface area contributed by atoms with E-state index in [4.69, 9.17) is 9.47 Å². The molecule has 5 heteroatoms. The first-order chi connectivity index (χ1) is 6.27. The molecule has 0 saturated carbocycles. The summed E-state index contributed by atoms with van der Waals surface area (Å²) in [5.41, 5.74) is 0. The highest BCUT2D eigenvalue weighted by Crippen LogP contribution is 2.08. The van der Waals surface area contributed by atoms with Crippen LogP contribution >= 0.6 is 0 Å². The van der Waals surface area contributed by atoms with Crippen LogP contribution in [0.1, 0.15) is 6.42 Å². The van der Waals surface area contributed by atoms with E-state index >= 15 is 0 Å². The van der Waals surface area contributed by atoms with Gasteiger partial charge in [0.25, 0.3) is 0 Å². The highest BCUT2D eigenvalue weighted by atomic mass is 16.5. The number of rotatable bonds is 4. The van der Waals surface area contributed by atoms with Crippen LogP contribution in [0.25, 0.3) is 0 Å². The highest BCUT2D eigenvalue weighted by Gasteiger charge is 2.25. The third-order valence-corrected chi connectivity index (χ3v) is 1.70. The summed E-state index contributed by atoms with van der Waals surface area (Å²) in [6.07, 6.45) is 0.601. The average molecular weight is 187 g/mol. The monoisotopic (exact) mass is 187 g/mol. The zero-order chi connectivity index (χ0) is 9.68. The number of hydrogen-bond acceptors (Lipinski definition) is 5. The van der Waals surface area contributed by atoms with Crippen molar-refractivity contribution >= 4 is 11.9 Å². The SMILES string of the molecule is COCCC1=N[C@@H](C(=O)OC)CO1. The molecule has 0 aromatic rings. The second-order valence-electron chi connectivity index (χ2n) is 2.62. The lowest BCUT2D eigenvalue weighted by molar-refractivity contribution is -0.142. The molecule has 1 rings (SSSR count). The number of carbonyl (C=O) groups is 1. The van der Waals surface area contributed by atoms with Crippen molar-refractivity contribution < 1.29 is 19.0 Å². The summed E-state index contributed by atoms with van der Waals surface area (Å²) < 4.78 is 14.5. The number of nitrogens with zero attached hydrogens (tertiary/aromatic N) is 1. The van der Waals surface area contributed by atoms with Gasteiger partial charge in [0.1, 0.15) is 6.61 Å². The lowest BCUT2D eigenvalue weighted by atomic mass is 10.3. The lowest BCUT2D eigenvalue weighted by Gasteiger charge is -2.00. The van der Waals surface area contributed by atoms with E-state index in [1.54, 1.807) is 7.11 Å². The molecule has 0 fully saturated rings. The largest absolute Gasteiger partial charge is 0.478 e. The fourth-order valence-corrected chi connectivity index (χ4v) is 1.01. The van der Waals surface area contributed by atoms with Crippen LogP contribution in [0.4, 0.5) is 0 Å². The van der Waals surface area contributed by atoms with Crippen LogP contribution < -0.4 is 0 Å². The van der Waals surface area contributed by atoms with Gasteiger partial charge in [0.15, 0.2) is 11.9 Å². The predicted molar refractivity (Wildman–Crippen MR) is 45.7 cm³/mol. The summed E-state index contributed by atoms with van der Waals surface area (Å²) in [4.78, 5) is 15.0. The standard InChI is InChI=1S/C8H13NO4/c1-11-4-3-7-9-6(5-13-7)8(10)12-2/h6H,3-5H2,1-2H3/t6-/m1/s1. The van der Waals surface area contributed by atoms with Crippen LogP contribution in [0.15, 0.2) is 4.99 Å². The van der Waals surface area contributed by atoms with Gasteiger partial charge in [0.05, 0.1) is 13.7 Å². The van der Waals surface area contributed by atoms with Crippen molar-refractivity contribution in [2.75, 3.05) is 27.4 Å². The average Bonchev–Trinajstić information content (AvgIpc) is 2.62. The van der Waals surface area contributed by atoms with Crippen LogP contribution in [0.2, 0.25) is 0 Å². The summed E-state index contributed by atoms with van der Waals surface area (Å²) in [6.45, 7) is 0.832. The van der Waals surface area contributed by atoms with Crippen LogP contribution in [-0.2, 0) is 19.0 Å². The summed E-state index contributed by atoms with van der Waals surface area (Å²) in [5, 5.41) is 0. The third kappa shape index (κ3) is 2.69. The number of aliphatic imine (C=N–C) groups is 1. The molecule has 1 aliphatic rings. The Morgan fingerprint density at radius 1 is 1.69 bits per heavy atom. The van der Waals surface area contributed by atoms with Crippen molar-refractivity contribution in [1.29, 1.82) is 0 Å². The van der Waals surface area contributed by atoms with Crippen LogP contribution in [0.3, 0.4) is 0 Å². The molecule has 0 aromatic heterocycles. The fourth-order valence-electron chi connectivity index (χ4n) is 1.01. The van der Waals surface area contributed by atoms with Gasteiger partial charge in [-0.05, 0) is 0 Å². The number of hydrogen-bond donors (Lipinski definition) is 0. The van der Waals surface area contributed by atoms with E-state index in [0.717, 1.165) is 0 Å². The first-order valence-corrected chi connectivity index (χ1v) is 4.04. The molecular weight excluding hydrogens is 174 g/mol. The van der Waals surface area contributed by atoms with Gasteiger partial charge < -0.3 is 14.2 Å². The smallest absolute Gasteiger partial charge is 0.334 e. The van der Waals surface area contributed by atoms with Crippen molar-refractivity contribution in [2.24, 2.45) is 4.99 Å². The first-order valence-electron chi connectivity index (χ1n) is 4.04. The fraction of sp³-hybridized carbons (Fsp3) is 0.750. The second-order valence-corrected chi connectivity index (χ2v) is 2.62. The van der Waals surface area contributed by atoms with Gasteiger partial charge in [-0.1, -0.05) is 0 Å². The van der Waals surface area contributed by atoms with Crippen molar-refractivity contribution in [3.63, 3.8) is 0 Å². The van der Waals surface area contributed by atoms with E-state index in [0.29, 0.717) is 18.9 Å². The molecule has 0 aliphatic carbocycles. The Labute approximate surface area is 76.7 Å². The van der Waals surface area contributed by atoms with Gasteiger partial charge in [-0.25, -0.2) is 9.79 Å². The van der Waals surface area contributed by atoms with E-state index in [-0.39, 0.29) is 12.6 Å². The van der Waals surface area contributed by atoms with E-state index in [9.17, 15) is 4.79 Å². The number of ether oxygens (including phenoxy) is 3. The van der Waals surface area contributed by atoms with Gasteiger partial charge in [0.2, 0.25) is 0 Å². The van der Waals surface area contributed by atoms with Crippen molar-refractivity contribution in [3.8, 4) is 0 Å². The molecule has 0 aromatic carbocycles. The molecule has 0 bridgehead atoms. The van der Waals surface area contributed by atoms with Crippen molar-refractivity contribution in [1.82, 2.24) is 0 Å². The maximum Gasteiger partial charge on any atom is 0.334 e. The summed E-state index contributed by atoms with van der Waals surface area (Å²) in [7, 11) is 2.94. The van der Waals surface area contributed by atoms with Crippen molar-refractivity contribution in [2.45, 2.75) is 12.5 Å². The lowest BCUT2D eigenvalue weighted by Crippen LogP contribution is -2.21. The van der Waals surface area contributed by atoms with Crippen LogP contribution in [0, 0.1) is 0 Å². The minimum Gasteiger partial charge on any atom is -0.478 e. The molecule has 1 heterocycles. The first kappa shape index (κ1) is 9.98. The number of carbonyl (C=O) groups excluding carboxylic acids is 1. The molecule has 0 spiro atoms. The zero-order valence-corrected chi connectivity index (χ0v) is 7.78. The van der Waals surface area contributed by atoms with Gasteiger partial charge in [-0.2, -0.15) is 0 Å². The molecular formula is C8H13NO4. The predicted octanol–water partition coefficient (Wildman–Crippen LogP) is -0.00680.